The summed E-state index contributed by atoms with van der Waals surface area (Å²) in [5.74, 6) is 1.60. The van der Waals surface area contributed by atoms with Crippen molar-refractivity contribution in [2.45, 2.75) is 7.43 Å². The third-order valence-corrected chi connectivity index (χ3v) is 5.29. The van der Waals surface area contributed by atoms with Crippen molar-refractivity contribution in [2.24, 2.45) is 10.1 Å². The van der Waals surface area contributed by atoms with E-state index < -0.39 is 4.92 Å². The Morgan fingerprint density at radius 1 is 0.881 bits per heavy atom. The number of carbonyl (C=O) groups excluding carboxylic acids is 1. The third kappa shape index (κ3) is 13.4. The van der Waals surface area contributed by atoms with Crippen LogP contribution in [0.1, 0.15) is 7.43 Å². The summed E-state index contributed by atoms with van der Waals surface area (Å²) in [6.45, 7) is 0. The average molecular weight is 612 g/mol. The molecular formula is C28H28BCl2N5O6. The van der Waals surface area contributed by atoms with Gasteiger partial charge in [0.2, 0.25) is 6.08 Å². The molecular weight excluding hydrogens is 584 g/mol. The lowest BCUT2D eigenvalue weighted by Gasteiger charge is -2.09. The summed E-state index contributed by atoms with van der Waals surface area (Å²) in [4.78, 5) is 31.6. The number of nitroso groups, excluding NO2 is 1. The molecule has 2 radical (unpaired) electrons. The molecule has 0 aliphatic rings. The maximum absolute atomic E-state index is 10.7. The molecule has 4 rings (SSSR count). The lowest BCUT2D eigenvalue weighted by molar-refractivity contribution is -0.384. The van der Waals surface area contributed by atoms with E-state index >= 15 is 0 Å². The van der Waals surface area contributed by atoms with Crippen molar-refractivity contribution < 1.29 is 19.2 Å². The number of hydrogen-bond acceptors (Lipinski definition) is 10. The number of hydrogen-bond donors (Lipinski definition) is 2. The van der Waals surface area contributed by atoms with Crippen molar-refractivity contribution in [2.75, 3.05) is 25.3 Å². The molecule has 0 bridgehead atoms. The number of isocyanates is 1. The molecule has 0 saturated carbocycles. The van der Waals surface area contributed by atoms with E-state index in [1.807, 2.05) is 36.4 Å². The number of rotatable bonds is 6. The van der Waals surface area contributed by atoms with Gasteiger partial charge >= 0.3 is 0 Å². The summed E-state index contributed by atoms with van der Waals surface area (Å²) in [6.07, 6.45) is 1.08. The van der Waals surface area contributed by atoms with Gasteiger partial charge in [0.05, 0.1) is 29.9 Å². The molecule has 0 aliphatic heterocycles. The van der Waals surface area contributed by atoms with Crippen LogP contribution < -0.4 is 20.5 Å². The molecule has 3 N–H and O–H groups in total. The number of anilines is 3. The van der Waals surface area contributed by atoms with Gasteiger partial charge in [-0.05, 0) is 71.9 Å². The Balaban J connectivity index is 0.000000597. The third-order valence-electron chi connectivity index (χ3n) is 4.66. The van der Waals surface area contributed by atoms with E-state index in [9.17, 15) is 15.0 Å². The molecule has 0 heterocycles. The number of nitrogens with two attached hydrogens (primary N) is 1. The van der Waals surface area contributed by atoms with Gasteiger partial charge in [0, 0.05) is 17.4 Å². The van der Waals surface area contributed by atoms with Gasteiger partial charge in [-0.15, -0.1) is 4.91 Å². The summed E-state index contributed by atoms with van der Waals surface area (Å²) >= 11 is 11.4. The van der Waals surface area contributed by atoms with E-state index in [1.165, 1.54) is 12.1 Å². The Labute approximate surface area is 254 Å². The topological polar surface area (TPSA) is 159 Å². The fourth-order valence-electron chi connectivity index (χ4n) is 2.74. The molecule has 0 amide bonds. The number of ether oxygens (including phenoxy) is 2. The molecule has 0 aliphatic carbocycles. The van der Waals surface area contributed by atoms with Crippen LogP contribution in [0.2, 0.25) is 10.0 Å². The standard InChI is InChI=1S/C13H11ClN2O2.C7H9NO.C6H4ClNO2.CBNO.CH4/c1-18-10-7-5-9(6-8-10)15-12-4-2-3-11(14)13(12)16-17;1-9-7-4-2-6(8)3-5-7;7-5-3-1-2-4-6(5)8(9)10;2-3-1-4;/h2-8,15H,1H3;2-5H,8H2,1H3;1-4H;;1H4. The minimum atomic E-state index is -0.512. The zero-order chi connectivity index (χ0) is 30.6. The Kier molecular flexibility index (Phi) is 18.5. The highest BCUT2D eigenvalue weighted by molar-refractivity contribution is 6.33. The number of methoxy groups -OCH3 is 2. The lowest BCUT2D eigenvalue weighted by Crippen LogP contribution is -1.91. The van der Waals surface area contributed by atoms with Gasteiger partial charge in [0.15, 0.2) is 0 Å². The number of halogens is 2. The van der Waals surface area contributed by atoms with Crippen molar-refractivity contribution in [1.82, 2.24) is 0 Å². The first kappa shape index (κ1) is 37.1. The van der Waals surface area contributed by atoms with Gasteiger partial charge < -0.3 is 20.5 Å². The summed E-state index contributed by atoms with van der Waals surface area (Å²) in [5.41, 5.74) is 7.73. The highest BCUT2D eigenvalue weighted by Crippen LogP contribution is 2.34. The first-order valence-corrected chi connectivity index (χ1v) is 12.0. The largest absolute Gasteiger partial charge is 0.497 e. The summed E-state index contributed by atoms with van der Waals surface area (Å²) in [6, 6.07) is 25.8. The Morgan fingerprint density at radius 2 is 1.38 bits per heavy atom. The smallest absolute Gasteiger partial charge is 0.287 e. The molecule has 0 fully saturated rings. The average Bonchev–Trinajstić information content (AvgIpc) is 2.99. The Hall–Kier alpha value is -4.90. The van der Waals surface area contributed by atoms with Gasteiger partial charge in [0.1, 0.15) is 22.2 Å². The van der Waals surface area contributed by atoms with Gasteiger partial charge in [-0.3, -0.25) is 15.0 Å². The van der Waals surface area contributed by atoms with Crippen molar-refractivity contribution in [3.8, 4) is 11.5 Å². The number of nitrogens with zero attached hydrogens (tertiary/aromatic N) is 3. The summed E-state index contributed by atoms with van der Waals surface area (Å²) < 4.78 is 9.98. The van der Waals surface area contributed by atoms with E-state index in [0.717, 1.165) is 29.0 Å². The quantitative estimate of drug-likeness (QED) is 0.0421. The molecule has 42 heavy (non-hydrogen) atoms. The molecule has 4 aromatic rings. The minimum Gasteiger partial charge on any atom is -0.497 e. The molecule has 4 aromatic carbocycles. The lowest BCUT2D eigenvalue weighted by atomic mass is 10.2. The number of benzene rings is 4. The summed E-state index contributed by atoms with van der Waals surface area (Å²) in [5, 5.41) is 16.7. The van der Waals surface area contributed by atoms with Crippen molar-refractivity contribution in [3.63, 3.8) is 0 Å². The Morgan fingerprint density at radius 3 is 1.81 bits per heavy atom. The fourth-order valence-corrected chi connectivity index (χ4v) is 3.16. The van der Waals surface area contributed by atoms with Crippen LogP contribution in [0.5, 0.6) is 11.5 Å². The molecule has 0 saturated heterocycles. The van der Waals surface area contributed by atoms with Crippen molar-refractivity contribution in [3.05, 3.63) is 116 Å². The van der Waals surface area contributed by atoms with E-state index in [0.29, 0.717) is 10.7 Å². The highest BCUT2D eigenvalue weighted by atomic mass is 35.5. The van der Waals surface area contributed by atoms with Crippen LogP contribution >= 0.6 is 23.2 Å². The monoisotopic (exact) mass is 611 g/mol. The van der Waals surface area contributed by atoms with Crippen LogP contribution in [0.25, 0.3) is 0 Å². The van der Waals surface area contributed by atoms with Crippen LogP contribution in [0.15, 0.2) is 101 Å². The van der Waals surface area contributed by atoms with Gasteiger partial charge in [-0.1, -0.05) is 48.8 Å². The minimum absolute atomic E-state index is 0. The van der Waals surface area contributed by atoms with Crippen LogP contribution in [0, 0.1) is 15.0 Å². The van der Waals surface area contributed by atoms with Gasteiger partial charge in [-0.2, -0.15) is 0 Å². The molecule has 0 unspecified atom stereocenters. The molecule has 11 nitrogen and oxygen atoms in total. The van der Waals surface area contributed by atoms with E-state index in [2.05, 4.69) is 23.4 Å². The zero-order valence-electron chi connectivity index (χ0n) is 21.9. The van der Waals surface area contributed by atoms with Crippen LogP contribution in [0.3, 0.4) is 0 Å². The SMILES string of the molecule is C.COc1ccc(N)cc1.COc1ccc(Nc2cccc(Cl)c2N=O)cc1.O=[N+]([O-])c1ccccc1Cl.[B]N=C=O. The molecule has 0 atom stereocenters. The number of nitro benzene ring substituents is 1. The summed E-state index contributed by atoms with van der Waals surface area (Å²) in [7, 11) is 7.46. The van der Waals surface area contributed by atoms with Crippen LogP contribution in [-0.4, -0.2) is 33.2 Å². The molecule has 218 valence electrons. The molecule has 0 spiro atoms. The van der Waals surface area contributed by atoms with E-state index in [4.69, 9.17) is 43.2 Å². The number of nitrogen functional groups attached to an aromatic ring is 1. The zero-order valence-corrected chi connectivity index (χ0v) is 23.4. The van der Waals surface area contributed by atoms with Crippen molar-refractivity contribution >= 4 is 65.7 Å². The van der Waals surface area contributed by atoms with Crippen LogP contribution in [0.4, 0.5) is 28.4 Å². The maximum Gasteiger partial charge on any atom is 0.287 e. The maximum atomic E-state index is 10.7. The predicted octanol–water partition coefficient (Wildman–Crippen LogP) is 8.06. The van der Waals surface area contributed by atoms with Gasteiger partial charge in [0.25, 0.3) is 13.7 Å². The highest BCUT2D eigenvalue weighted by Gasteiger charge is 2.08. The van der Waals surface area contributed by atoms with Crippen molar-refractivity contribution in [1.29, 1.82) is 0 Å². The number of para-hydroxylation sites is 1. The Bertz CT molecular complexity index is 1440. The normalized spacial score (nSPS) is 8.76. The number of nitro groups is 1. The number of nitrogens with one attached hydrogen (secondary N) is 1. The second-order valence-corrected chi connectivity index (χ2v) is 8.10. The van der Waals surface area contributed by atoms with Gasteiger partial charge in [-0.25, -0.2) is 4.79 Å². The predicted molar refractivity (Wildman–Crippen MR) is 169 cm³/mol. The second kappa shape index (κ2) is 20.9. The first-order chi connectivity index (χ1) is 19.7. The second-order valence-electron chi connectivity index (χ2n) is 7.28. The molecule has 14 heteroatoms. The van der Waals surface area contributed by atoms with Crippen LogP contribution in [-0.2, 0) is 4.79 Å². The molecule has 0 aromatic heterocycles. The fraction of sp³-hybridized carbons (Fsp3) is 0.107. The first-order valence-electron chi connectivity index (χ1n) is 11.3. The van der Waals surface area contributed by atoms with E-state index in [1.54, 1.807) is 56.7 Å². The van der Waals surface area contributed by atoms with E-state index in [-0.39, 0.29) is 23.8 Å².